The monoisotopic (exact) mass is 291 g/mol. The lowest BCUT2D eigenvalue weighted by Crippen LogP contribution is -2.17. The Balaban J connectivity index is 2.19. The van der Waals surface area contributed by atoms with Crippen LogP contribution in [0.3, 0.4) is 0 Å². The number of hydrogen-bond acceptors (Lipinski definition) is 2. The van der Waals surface area contributed by atoms with Crippen LogP contribution >= 0.6 is 0 Å². The molecule has 0 aromatic heterocycles. The lowest BCUT2D eigenvalue weighted by atomic mass is 9.93. The summed E-state index contributed by atoms with van der Waals surface area (Å²) in [5.41, 5.74) is 4.48. The van der Waals surface area contributed by atoms with Crippen LogP contribution in [0.2, 0.25) is 0 Å². The number of benzene rings is 2. The van der Waals surface area contributed by atoms with Gasteiger partial charge < -0.3 is 4.74 Å². The van der Waals surface area contributed by atoms with Gasteiger partial charge in [-0.2, -0.15) is 0 Å². The van der Waals surface area contributed by atoms with Crippen LogP contribution in [0.4, 0.5) is 0 Å². The van der Waals surface area contributed by atoms with Crippen molar-refractivity contribution >= 4 is 5.90 Å². The summed E-state index contributed by atoms with van der Waals surface area (Å²) in [5.74, 6) is 0.751. The quantitative estimate of drug-likeness (QED) is 0.752. The molecule has 0 atom stereocenters. The van der Waals surface area contributed by atoms with E-state index in [1.807, 2.05) is 12.1 Å². The molecule has 3 rings (SSSR count). The predicted molar refractivity (Wildman–Crippen MR) is 92.3 cm³/mol. The van der Waals surface area contributed by atoms with Crippen molar-refractivity contribution in [2.24, 2.45) is 4.99 Å². The molecule has 2 aromatic carbocycles. The van der Waals surface area contributed by atoms with Gasteiger partial charge in [0.05, 0.1) is 5.54 Å². The molecular formula is C20H21NO. The Morgan fingerprint density at radius 3 is 2.55 bits per heavy atom. The first-order valence-corrected chi connectivity index (χ1v) is 7.62. The molecular weight excluding hydrogens is 270 g/mol. The van der Waals surface area contributed by atoms with Gasteiger partial charge in [0.15, 0.2) is 0 Å². The fraction of sp³-hybridized carbons (Fsp3) is 0.250. The first-order valence-electron chi connectivity index (χ1n) is 7.62. The van der Waals surface area contributed by atoms with E-state index >= 15 is 0 Å². The summed E-state index contributed by atoms with van der Waals surface area (Å²) >= 11 is 0. The Bertz CT molecular complexity index is 714. The predicted octanol–water partition coefficient (Wildman–Crippen LogP) is 4.64. The SMILES string of the molecule is C=CCc1cccc(-c2ccccc2)c1C1=NC(C)(C)CO1. The van der Waals surface area contributed by atoms with E-state index < -0.39 is 0 Å². The largest absolute Gasteiger partial charge is 0.475 e. The Labute approximate surface area is 132 Å². The van der Waals surface area contributed by atoms with Gasteiger partial charge in [0, 0.05) is 5.56 Å². The molecule has 1 aliphatic rings. The van der Waals surface area contributed by atoms with Crippen molar-refractivity contribution in [1.29, 1.82) is 0 Å². The summed E-state index contributed by atoms with van der Waals surface area (Å²) in [6.07, 6.45) is 2.73. The molecule has 0 unspecified atom stereocenters. The van der Waals surface area contributed by atoms with E-state index in [2.05, 4.69) is 62.9 Å². The molecule has 0 saturated carbocycles. The lowest BCUT2D eigenvalue weighted by molar-refractivity contribution is 0.279. The van der Waals surface area contributed by atoms with Gasteiger partial charge >= 0.3 is 0 Å². The standard InChI is InChI=1S/C20H21NO/c1-4-9-16-12-8-13-17(15-10-6-5-7-11-15)18(16)19-21-20(2,3)14-22-19/h4-8,10-13H,1,9,14H2,2-3H3. The van der Waals surface area contributed by atoms with Crippen molar-refractivity contribution in [3.05, 3.63) is 72.3 Å². The summed E-state index contributed by atoms with van der Waals surface area (Å²) in [6, 6.07) is 16.7. The smallest absolute Gasteiger partial charge is 0.217 e. The van der Waals surface area contributed by atoms with E-state index in [9.17, 15) is 0 Å². The van der Waals surface area contributed by atoms with Crippen LogP contribution in [0, 0.1) is 0 Å². The third-order valence-electron chi connectivity index (χ3n) is 3.78. The van der Waals surface area contributed by atoms with Crippen LogP contribution in [-0.2, 0) is 11.2 Å². The van der Waals surface area contributed by atoms with Crippen LogP contribution in [0.5, 0.6) is 0 Å². The third kappa shape index (κ3) is 2.82. The summed E-state index contributed by atoms with van der Waals surface area (Å²) in [4.78, 5) is 4.78. The molecule has 0 N–H and O–H groups in total. The maximum atomic E-state index is 5.92. The van der Waals surface area contributed by atoms with Crippen molar-refractivity contribution in [3.8, 4) is 11.1 Å². The van der Waals surface area contributed by atoms with Gasteiger partial charge in [-0.25, -0.2) is 4.99 Å². The first-order chi connectivity index (χ1) is 10.6. The van der Waals surface area contributed by atoms with Crippen molar-refractivity contribution in [2.75, 3.05) is 6.61 Å². The Kier molecular flexibility index (Phi) is 3.84. The van der Waals surface area contributed by atoms with Crippen LogP contribution in [-0.4, -0.2) is 18.0 Å². The van der Waals surface area contributed by atoms with Gasteiger partial charge in [0.1, 0.15) is 6.61 Å². The zero-order chi connectivity index (χ0) is 15.6. The van der Waals surface area contributed by atoms with E-state index in [1.54, 1.807) is 0 Å². The molecule has 0 bridgehead atoms. The summed E-state index contributed by atoms with van der Waals surface area (Å²) in [5, 5.41) is 0. The number of nitrogens with zero attached hydrogens (tertiary/aromatic N) is 1. The van der Waals surface area contributed by atoms with E-state index in [0.29, 0.717) is 6.61 Å². The van der Waals surface area contributed by atoms with Gasteiger partial charge in [0.25, 0.3) is 0 Å². The lowest BCUT2D eigenvalue weighted by Gasteiger charge is -2.14. The van der Waals surface area contributed by atoms with Crippen molar-refractivity contribution in [3.63, 3.8) is 0 Å². The van der Waals surface area contributed by atoms with Gasteiger partial charge in [-0.05, 0) is 37.0 Å². The second-order valence-corrected chi connectivity index (χ2v) is 6.22. The fourth-order valence-electron chi connectivity index (χ4n) is 2.75. The molecule has 22 heavy (non-hydrogen) atoms. The molecule has 0 fully saturated rings. The Morgan fingerprint density at radius 2 is 1.91 bits per heavy atom. The molecule has 0 amide bonds. The minimum absolute atomic E-state index is 0.162. The number of ether oxygens (including phenoxy) is 1. The van der Waals surface area contributed by atoms with Crippen LogP contribution in [0.1, 0.15) is 25.0 Å². The molecule has 0 aliphatic carbocycles. The normalized spacial score (nSPS) is 16.0. The van der Waals surface area contributed by atoms with Crippen molar-refractivity contribution in [2.45, 2.75) is 25.8 Å². The molecule has 1 aliphatic heterocycles. The second-order valence-electron chi connectivity index (χ2n) is 6.22. The molecule has 0 saturated heterocycles. The molecule has 2 aromatic rings. The first kappa shape index (κ1) is 14.6. The van der Waals surface area contributed by atoms with E-state index in [0.717, 1.165) is 23.4 Å². The molecule has 0 radical (unpaired) electrons. The highest BCUT2D eigenvalue weighted by Crippen LogP contribution is 2.31. The van der Waals surface area contributed by atoms with Gasteiger partial charge in [0.2, 0.25) is 5.90 Å². The minimum atomic E-state index is -0.162. The molecule has 2 heteroatoms. The van der Waals surface area contributed by atoms with Crippen LogP contribution < -0.4 is 0 Å². The highest BCUT2D eigenvalue weighted by atomic mass is 16.5. The van der Waals surface area contributed by atoms with Gasteiger partial charge in [-0.1, -0.05) is 54.6 Å². The highest BCUT2D eigenvalue weighted by molar-refractivity contribution is 6.03. The number of hydrogen-bond donors (Lipinski definition) is 0. The zero-order valence-corrected chi connectivity index (χ0v) is 13.2. The molecule has 112 valence electrons. The minimum Gasteiger partial charge on any atom is -0.475 e. The van der Waals surface area contributed by atoms with Crippen molar-refractivity contribution in [1.82, 2.24) is 0 Å². The van der Waals surface area contributed by atoms with Gasteiger partial charge in [-0.3, -0.25) is 0 Å². The summed E-state index contributed by atoms with van der Waals surface area (Å²) in [7, 11) is 0. The van der Waals surface area contributed by atoms with E-state index in [1.165, 1.54) is 11.1 Å². The van der Waals surface area contributed by atoms with Crippen LogP contribution in [0.15, 0.2) is 66.2 Å². The average Bonchev–Trinajstić information content (AvgIpc) is 2.88. The topological polar surface area (TPSA) is 21.6 Å². The Hall–Kier alpha value is -2.35. The number of aliphatic imine (C=N–C) groups is 1. The van der Waals surface area contributed by atoms with E-state index in [4.69, 9.17) is 9.73 Å². The second kappa shape index (κ2) is 5.80. The number of rotatable bonds is 4. The molecule has 1 heterocycles. The molecule has 2 nitrogen and oxygen atoms in total. The third-order valence-corrected chi connectivity index (χ3v) is 3.78. The summed E-state index contributed by atoms with van der Waals surface area (Å²) < 4.78 is 5.92. The van der Waals surface area contributed by atoms with Gasteiger partial charge in [-0.15, -0.1) is 6.58 Å². The van der Waals surface area contributed by atoms with Crippen LogP contribution in [0.25, 0.3) is 11.1 Å². The molecule has 0 spiro atoms. The maximum Gasteiger partial charge on any atom is 0.217 e. The Morgan fingerprint density at radius 1 is 1.14 bits per heavy atom. The zero-order valence-electron chi connectivity index (χ0n) is 13.2. The van der Waals surface area contributed by atoms with E-state index in [-0.39, 0.29) is 5.54 Å². The summed E-state index contributed by atoms with van der Waals surface area (Å²) in [6.45, 7) is 8.69. The maximum absolute atomic E-state index is 5.92. The van der Waals surface area contributed by atoms with Crippen molar-refractivity contribution < 1.29 is 4.74 Å². The highest BCUT2D eigenvalue weighted by Gasteiger charge is 2.29. The fourth-order valence-corrected chi connectivity index (χ4v) is 2.75. The average molecular weight is 291 g/mol. The number of allylic oxidation sites excluding steroid dienone is 1.